The normalized spacial score (nSPS) is 20.7. The number of rotatable bonds is 7. The van der Waals surface area contributed by atoms with Gasteiger partial charge in [-0.2, -0.15) is 0 Å². The largest absolute Gasteiger partial charge is 0.496 e. The number of hydrogen-bond donors (Lipinski definition) is 1. The number of ether oxygens (including phenoxy) is 1. The van der Waals surface area contributed by atoms with Crippen LogP contribution in [0.5, 0.6) is 5.75 Å². The standard InChI is InChI=1S/C17H27FN2O/c1-4-19-15(9-11-20-10-8-13(2)12-20)17-14(18)6-5-7-16(17)21-3/h5-7,13,15,19H,4,8-12H2,1-3H3. The quantitative estimate of drug-likeness (QED) is 0.835. The maximum absolute atomic E-state index is 14.2. The van der Waals surface area contributed by atoms with Gasteiger partial charge in [0.15, 0.2) is 0 Å². The molecule has 2 unspecified atom stereocenters. The van der Waals surface area contributed by atoms with Crippen LogP contribution in [0.25, 0.3) is 0 Å². The molecule has 2 rings (SSSR count). The number of likely N-dealkylation sites (tertiary alicyclic amines) is 1. The summed E-state index contributed by atoms with van der Waals surface area (Å²) < 4.78 is 19.6. The summed E-state index contributed by atoms with van der Waals surface area (Å²) in [5.41, 5.74) is 0.661. The van der Waals surface area contributed by atoms with Crippen molar-refractivity contribution in [3.63, 3.8) is 0 Å². The van der Waals surface area contributed by atoms with Crippen molar-refractivity contribution < 1.29 is 9.13 Å². The van der Waals surface area contributed by atoms with E-state index in [2.05, 4.69) is 24.1 Å². The van der Waals surface area contributed by atoms with Crippen LogP contribution in [-0.4, -0.2) is 38.2 Å². The summed E-state index contributed by atoms with van der Waals surface area (Å²) in [6.45, 7) is 8.49. The van der Waals surface area contributed by atoms with E-state index < -0.39 is 0 Å². The van der Waals surface area contributed by atoms with Crippen LogP contribution < -0.4 is 10.1 Å². The maximum Gasteiger partial charge on any atom is 0.131 e. The average Bonchev–Trinajstić information content (AvgIpc) is 2.89. The van der Waals surface area contributed by atoms with E-state index in [0.29, 0.717) is 11.3 Å². The van der Waals surface area contributed by atoms with Gasteiger partial charge in [0.1, 0.15) is 11.6 Å². The second-order valence-electron chi connectivity index (χ2n) is 5.95. The third-order valence-corrected chi connectivity index (χ3v) is 4.27. The number of nitrogens with one attached hydrogen (secondary N) is 1. The van der Waals surface area contributed by atoms with E-state index in [9.17, 15) is 4.39 Å². The van der Waals surface area contributed by atoms with Gasteiger partial charge in [0.25, 0.3) is 0 Å². The van der Waals surface area contributed by atoms with Crippen molar-refractivity contribution in [1.82, 2.24) is 10.2 Å². The van der Waals surface area contributed by atoms with Gasteiger partial charge < -0.3 is 15.0 Å². The van der Waals surface area contributed by atoms with E-state index in [1.54, 1.807) is 13.2 Å². The molecule has 0 saturated carbocycles. The zero-order chi connectivity index (χ0) is 15.2. The first-order valence-electron chi connectivity index (χ1n) is 7.93. The van der Waals surface area contributed by atoms with E-state index in [1.807, 2.05) is 6.07 Å². The molecule has 118 valence electrons. The van der Waals surface area contributed by atoms with Crippen LogP contribution in [0.4, 0.5) is 4.39 Å². The Bertz CT molecular complexity index is 452. The first-order chi connectivity index (χ1) is 10.2. The Hall–Kier alpha value is -1.13. The van der Waals surface area contributed by atoms with E-state index >= 15 is 0 Å². The Morgan fingerprint density at radius 3 is 2.90 bits per heavy atom. The molecular formula is C17H27FN2O. The molecule has 0 radical (unpaired) electrons. The van der Waals surface area contributed by atoms with Gasteiger partial charge in [0, 0.05) is 18.2 Å². The van der Waals surface area contributed by atoms with Crippen molar-refractivity contribution in [3.8, 4) is 5.75 Å². The Balaban J connectivity index is 2.08. The van der Waals surface area contributed by atoms with Gasteiger partial charge in [-0.05, 0) is 50.5 Å². The van der Waals surface area contributed by atoms with Gasteiger partial charge in [-0.1, -0.05) is 19.9 Å². The van der Waals surface area contributed by atoms with Crippen molar-refractivity contribution >= 4 is 0 Å². The molecule has 0 aliphatic carbocycles. The summed E-state index contributed by atoms with van der Waals surface area (Å²) in [4.78, 5) is 2.47. The van der Waals surface area contributed by atoms with Gasteiger partial charge in [0.05, 0.1) is 7.11 Å². The predicted octanol–water partition coefficient (Wildman–Crippen LogP) is 3.22. The lowest BCUT2D eigenvalue weighted by molar-refractivity contribution is 0.297. The number of nitrogens with zero attached hydrogens (tertiary/aromatic N) is 1. The van der Waals surface area contributed by atoms with Crippen LogP contribution in [0.2, 0.25) is 0 Å². The van der Waals surface area contributed by atoms with E-state index in [-0.39, 0.29) is 11.9 Å². The average molecular weight is 294 g/mol. The van der Waals surface area contributed by atoms with Gasteiger partial charge in [-0.3, -0.25) is 0 Å². The predicted molar refractivity (Wildman–Crippen MR) is 84.2 cm³/mol. The highest BCUT2D eigenvalue weighted by atomic mass is 19.1. The smallest absolute Gasteiger partial charge is 0.131 e. The molecular weight excluding hydrogens is 267 g/mol. The molecule has 21 heavy (non-hydrogen) atoms. The molecule has 1 saturated heterocycles. The minimum absolute atomic E-state index is 0.00190. The molecule has 1 aliphatic heterocycles. The lowest BCUT2D eigenvalue weighted by Crippen LogP contribution is -2.29. The first kappa shape index (κ1) is 16.2. The van der Waals surface area contributed by atoms with E-state index in [4.69, 9.17) is 4.74 Å². The Morgan fingerprint density at radius 1 is 1.48 bits per heavy atom. The number of benzene rings is 1. The molecule has 0 bridgehead atoms. The van der Waals surface area contributed by atoms with Crippen molar-refractivity contribution in [1.29, 1.82) is 0 Å². The van der Waals surface area contributed by atoms with Crippen LogP contribution >= 0.6 is 0 Å². The Kier molecular flexibility index (Phi) is 6.00. The molecule has 0 aromatic heterocycles. The van der Waals surface area contributed by atoms with E-state index in [0.717, 1.165) is 38.5 Å². The SMILES string of the molecule is CCNC(CCN1CCC(C)C1)c1c(F)cccc1OC. The van der Waals surface area contributed by atoms with E-state index in [1.165, 1.54) is 12.5 Å². The Morgan fingerprint density at radius 2 is 2.29 bits per heavy atom. The summed E-state index contributed by atoms with van der Waals surface area (Å²) in [7, 11) is 1.60. The highest BCUT2D eigenvalue weighted by Gasteiger charge is 2.23. The highest BCUT2D eigenvalue weighted by Crippen LogP contribution is 2.30. The lowest BCUT2D eigenvalue weighted by Gasteiger charge is -2.24. The number of methoxy groups -OCH3 is 1. The molecule has 1 aromatic carbocycles. The van der Waals surface area contributed by atoms with Crippen molar-refractivity contribution in [2.45, 2.75) is 32.7 Å². The van der Waals surface area contributed by atoms with Crippen LogP contribution in [-0.2, 0) is 0 Å². The fourth-order valence-corrected chi connectivity index (χ4v) is 3.17. The van der Waals surface area contributed by atoms with Crippen molar-refractivity contribution in [2.75, 3.05) is 33.3 Å². The lowest BCUT2D eigenvalue weighted by atomic mass is 10.0. The first-order valence-corrected chi connectivity index (χ1v) is 7.93. The fraction of sp³-hybridized carbons (Fsp3) is 0.647. The fourth-order valence-electron chi connectivity index (χ4n) is 3.17. The minimum atomic E-state index is -0.185. The summed E-state index contributed by atoms with van der Waals surface area (Å²) in [6.07, 6.45) is 2.17. The Labute approximate surface area is 127 Å². The number of hydrogen-bond acceptors (Lipinski definition) is 3. The maximum atomic E-state index is 14.2. The van der Waals surface area contributed by atoms with Gasteiger partial charge in [-0.25, -0.2) is 4.39 Å². The van der Waals surface area contributed by atoms with Crippen LogP contribution in [0.15, 0.2) is 18.2 Å². The zero-order valence-electron chi connectivity index (χ0n) is 13.4. The second kappa shape index (κ2) is 7.76. The molecule has 0 amide bonds. The molecule has 1 N–H and O–H groups in total. The monoisotopic (exact) mass is 294 g/mol. The van der Waals surface area contributed by atoms with Crippen molar-refractivity contribution in [2.24, 2.45) is 5.92 Å². The highest BCUT2D eigenvalue weighted by molar-refractivity contribution is 5.37. The molecule has 1 aromatic rings. The zero-order valence-corrected chi connectivity index (χ0v) is 13.4. The summed E-state index contributed by atoms with van der Waals surface area (Å²) >= 11 is 0. The molecule has 3 nitrogen and oxygen atoms in total. The van der Waals surface area contributed by atoms with Crippen molar-refractivity contribution in [3.05, 3.63) is 29.6 Å². The summed E-state index contributed by atoms with van der Waals surface area (Å²) in [5.74, 6) is 1.23. The molecule has 0 spiro atoms. The third kappa shape index (κ3) is 4.17. The molecule has 2 atom stereocenters. The van der Waals surface area contributed by atoms with Gasteiger partial charge in [-0.15, -0.1) is 0 Å². The van der Waals surface area contributed by atoms with Gasteiger partial charge >= 0.3 is 0 Å². The molecule has 4 heteroatoms. The molecule has 1 fully saturated rings. The second-order valence-corrected chi connectivity index (χ2v) is 5.95. The molecule has 1 aliphatic rings. The summed E-state index contributed by atoms with van der Waals surface area (Å²) in [5, 5.41) is 3.40. The van der Waals surface area contributed by atoms with Crippen LogP contribution in [0.3, 0.4) is 0 Å². The summed E-state index contributed by atoms with van der Waals surface area (Å²) in [6, 6.07) is 5.05. The molecule has 1 heterocycles. The number of halogens is 1. The van der Waals surface area contributed by atoms with Gasteiger partial charge in [0.2, 0.25) is 0 Å². The van der Waals surface area contributed by atoms with Crippen LogP contribution in [0.1, 0.15) is 38.3 Å². The third-order valence-electron chi connectivity index (χ3n) is 4.27. The van der Waals surface area contributed by atoms with Crippen LogP contribution in [0, 0.1) is 11.7 Å². The topological polar surface area (TPSA) is 24.5 Å². The minimum Gasteiger partial charge on any atom is -0.496 e.